The number of hydrogen-bond donors (Lipinski definition) is 1. The number of benzene rings is 1. The zero-order valence-electron chi connectivity index (χ0n) is 11.4. The van der Waals surface area contributed by atoms with Crippen molar-refractivity contribution < 1.29 is 0 Å². The Morgan fingerprint density at radius 3 is 2.72 bits per heavy atom. The third-order valence-corrected chi connectivity index (χ3v) is 3.39. The Kier molecular flexibility index (Phi) is 3.88. The Morgan fingerprint density at radius 2 is 2.17 bits per heavy atom. The zero-order valence-corrected chi connectivity index (χ0v) is 11.4. The summed E-state index contributed by atoms with van der Waals surface area (Å²) in [6, 6.07) is 9.28. The van der Waals surface area contributed by atoms with Crippen LogP contribution in [0.2, 0.25) is 0 Å². The number of nitrogens with one attached hydrogen (secondary N) is 1. The predicted octanol–water partition coefficient (Wildman–Crippen LogP) is 2.38. The molecule has 2 rings (SSSR count). The molecule has 1 aliphatic carbocycles. The highest BCUT2D eigenvalue weighted by atomic mass is 15.1. The summed E-state index contributed by atoms with van der Waals surface area (Å²) in [6.07, 6.45) is 2.43. The standard InChI is InChI=1S/C15H21N3/c1-11-4-7-15(12(2)8-11)18(3)10-14(9-16)17-13-5-6-13/h4,7-8,13-14,17H,5-6,10H2,1-3H3. The maximum absolute atomic E-state index is 9.17. The molecule has 0 radical (unpaired) electrons. The van der Waals surface area contributed by atoms with Crippen molar-refractivity contribution in [3.8, 4) is 6.07 Å². The lowest BCUT2D eigenvalue weighted by Gasteiger charge is -2.24. The minimum atomic E-state index is -0.0804. The highest BCUT2D eigenvalue weighted by Gasteiger charge is 2.25. The van der Waals surface area contributed by atoms with Gasteiger partial charge >= 0.3 is 0 Å². The van der Waals surface area contributed by atoms with Crippen LogP contribution < -0.4 is 10.2 Å². The van der Waals surface area contributed by atoms with E-state index in [1.807, 2.05) is 0 Å². The van der Waals surface area contributed by atoms with Crippen molar-refractivity contribution >= 4 is 5.69 Å². The Bertz CT molecular complexity index is 457. The Balaban J connectivity index is 2.01. The van der Waals surface area contributed by atoms with Gasteiger partial charge in [-0.3, -0.25) is 5.32 Å². The number of likely N-dealkylation sites (N-methyl/N-ethyl adjacent to an activating group) is 1. The van der Waals surface area contributed by atoms with E-state index in [1.165, 1.54) is 29.7 Å². The number of nitrogens with zero attached hydrogens (tertiary/aromatic N) is 2. The van der Waals surface area contributed by atoms with E-state index in [1.54, 1.807) is 0 Å². The van der Waals surface area contributed by atoms with Crippen LogP contribution in [-0.4, -0.2) is 25.7 Å². The lowest BCUT2D eigenvalue weighted by atomic mass is 10.1. The van der Waals surface area contributed by atoms with Crippen LogP contribution in [0.5, 0.6) is 0 Å². The molecule has 0 heterocycles. The van der Waals surface area contributed by atoms with Crippen molar-refractivity contribution in [2.45, 2.75) is 38.8 Å². The van der Waals surface area contributed by atoms with Crippen molar-refractivity contribution in [2.24, 2.45) is 0 Å². The monoisotopic (exact) mass is 243 g/mol. The Labute approximate surface area is 109 Å². The first-order valence-electron chi connectivity index (χ1n) is 6.54. The van der Waals surface area contributed by atoms with Crippen molar-refractivity contribution in [3.05, 3.63) is 29.3 Å². The van der Waals surface area contributed by atoms with Gasteiger partial charge in [-0.2, -0.15) is 5.26 Å². The maximum atomic E-state index is 9.17. The van der Waals surface area contributed by atoms with E-state index in [0.717, 1.165) is 6.54 Å². The highest BCUT2D eigenvalue weighted by molar-refractivity contribution is 5.54. The average Bonchev–Trinajstić information content (AvgIpc) is 3.11. The van der Waals surface area contributed by atoms with Crippen molar-refractivity contribution in [1.29, 1.82) is 5.26 Å². The van der Waals surface area contributed by atoms with Crippen LogP contribution in [0.4, 0.5) is 5.69 Å². The van der Waals surface area contributed by atoms with Crippen LogP contribution in [0.25, 0.3) is 0 Å². The molecule has 1 unspecified atom stereocenters. The van der Waals surface area contributed by atoms with E-state index >= 15 is 0 Å². The van der Waals surface area contributed by atoms with Gasteiger partial charge in [-0.15, -0.1) is 0 Å². The second kappa shape index (κ2) is 5.41. The van der Waals surface area contributed by atoms with Crippen LogP contribution in [0, 0.1) is 25.2 Å². The number of hydrogen-bond acceptors (Lipinski definition) is 3. The summed E-state index contributed by atoms with van der Waals surface area (Å²) in [5, 5.41) is 12.5. The zero-order chi connectivity index (χ0) is 13.1. The molecule has 1 aromatic carbocycles. The van der Waals surface area contributed by atoms with E-state index in [4.69, 9.17) is 0 Å². The van der Waals surface area contributed by atoms with Gasteiger partial charge < -0.3 is 4.90 Å². The number of nitriles is 1. The van der Waals surface area contributed by atoms with E-state index in [9.17, 15) is 5.26 Å². The summed E-state index contributed by atoms with van der Waals surface area (Å²) >= 11 is 0. The van der Waals surface area contributed by atoms with Crippen LogP contribution in [-0.2, 0) is 0 Å². The van der Waals surface area contributed by atoms with Gasteiger partial charge in [0.25, 0.3) is 0 Å². The summed E-state index contributed by atoms with van der Waals surface area (Å²) < 4.78 is 0. The van der Waals surface area contributed by atoms with E-state index in [0.29, 0.717) is 6.04 Å². The Hall–Kier alpha value is -1.53. The normalized spacial score (nSPS) is 16.1. The molecule has 3 nitrogen and oxygen atoms in total. The fraction of sp³-hybridized carbons (Fsp3) is 0.533. The molecule has 0 saturated heterocycles. The van der Waals surface area contributed by atoms with Gasteiger partial charge in [-0.05, 0) is 38.3 Å². The first-order valence-corrected chi connectivity index (χ1v) is 6.54. The maximum Gasteiger partial charge on any atom is 0.113 e. The summed E-state index contributed by atoms with van der Waals surface area (Å²) in [5.41, 5.74) is 3.75. The molecule has 1 atom stereocenters. The van der Waals surface area contributed by atoms with E-state index in [2.05, 4.69) is 55.4 Å². The van der Waals surface area contributed by atoms with Gasteiger partial charge in [0.2, 0.25) is 0 Å². The van der Waals surface area contributed by atoms with E-state index < -0.39 is 0 Å². The molecular formula is C15H21N3. The highest BCUT2D eigenvalue weighted by Crippen LogP contribution is 2.22. The molecule has 3 heteroatoms. The smallest absolute Gasteiger partial charge is 0.113 e. The van der Waals surface area contributed by atoms with Crippen LogP contribution in [0.15, 0.2) is 18.2 Å². The largest absolute Gasteiger partial charge is 0.372 e. The number of rotatable bonds is 5. The Morgan fingerprint density at radius 1 is 1.44 bits per heavy atom. The molecule has 96 valence electrons. The van der Waals surface area contributed by atoms with Gasteiger partial charge in [0, 0.05) is 25.3 Å². The van der Waals surface area contributed by atoms with E-state index in [-0.39, 0.29) is 6.04 Å². The number of aryl methyl sites for hydroxylation is 2. The molecule has 0 bridgehead atoms. The third kappa shape index (κ3) is 3.24. The molecule has 18 heavy (non-hydrogen) atoms. The topological polar surface area (TPSA) is 39.1 Å². The molecule has 0 aromatic heterocycles. The number of anilines is 1. The summed E-state index contributed by atoms with van der Waals surface area (Å²) in [6.45, 7) is 4.95. The van der Waals surface area contributed by atoms with Crippen molar-refractivity contribution in [2.75, 3.05) is 18.5 Å². The van der Waals surface area contributed by atoms with Crippen LogP contribution >= 0.6 is 0 Å². The SMILES string of the molecule is Cc1ccc(N(C)CC(C#N)NC2CC2)c(C)c1. The fourth-order valence-corrected chi connectivity index (χ4v) is 2.27. The lowest BCUT2D eigenvalue weighted by molar-refractivity contribution is 0.593. The first kappa shape index (κ1) is 12.9. The van der Waals surface area contributed by atoms with Crippen molar-refractivity contribution in [3.63, 3.8) is 0 Å². The second-order valence-electron chi connectivity index (χ2n) is 5.29. The molecule has 1 fully saturated rings. The van der Waals surface area contributed by atoms with Gasteiger partial charge in [-0.25, -0.2) is 0 Å². The van der Waals surface area contributed by atoms with Gasteiger partial charge in [0.05, 0.1) is 6.07 Å². The molecule has 1 aromatic rings. The molecule has 0 amide bonds. The van der Waals surface area contributed by atoms with Crippen molar-refractivity contribution in [1.82, 2.24) is 5.32 Å². The molecule has 0 spiro atoms. The first-order chi connectivity index (χ1) is 8.60. The minimum absolute atomic E-state index is 0.0804. The van der Waals surface area contributed by atoms with Gasteiger partial charge in [0.1, 0.15) is 6.04 Å². The van der Waals surface area contributed by atoms with Crippen LogP contribution in [0.1, 0.15) is 24.0 Å². The fourth-order valence-electron chi connectivity index (χ4n) is 2.27. The molecule has 0 aliphatic heterocycles. The van der Waals surface area contributed by atoms with Crippen LogP contribution in [0.3, 0.4) is 0 Å². The second-order valence-corrected chi connectivity index (χ2v) is 5.29. The summed E-state index contributed by atoms with van der Waals surface area (Å²) in [4.78, 5) is 2.16. The molecule has 1 aliphatic rings. The predicted molar refractivity (Wildman–Crippen MR) is 74.7 cm³/mol. The summed E-state index contributed by atoms with van der Waals surface area (Å²) in [5.74, 6) is 0. The van der Waals surface area contributed by atoms with Gasteiger partial charge in [-0.1, -0.05) is 17.7 Å². The van der Waals surface area contributed by atoms with Gasteiger partial charge in [0.15, 0.2) is 0 Å². The molecule has 1 N–H and O–H groups in total. The lowest BCUT2D eigenvalue weighted by Crippen LogP contribution is -2.39. The summed E-state index contributed by atoms with van der Waals surface area (Å²) in [7, 11) is 2.05. The molecule has 1 saturated carbocycles. The minimum Gasteiger partial charge on any atom is -0.372 e. The third-order valence-electron chi connectivity index (χ3n) is 3.39. The molecular weight excluding hydrogens is 222 g/mol. The quantitative estimate of drug-likeness (QED) is 0.863. The average molecular weight is 243 g/mol.